The highest BCUT2D eigenvalue weighted by Crippen LogP contribution is 2.28. The van der Waals surface area contributed by atoms with Crippen LogP contribution in [0, 0.1) is 19.8 Å². The van der Waals surface area contributed by atoms with Gasteiger partial charge in [-0.25, -0.2) is 8.42 Å². The molecule has 1 amide bonds. The number of hydrogen-bond donors (Lipinski definition) is 1. The summed E-state index contributed by atoms with van der Waals surface area (Å²) in [7, 11) is -3.63. The van der Waals surface area contributed by atoms with Crippen molar-refractivity contribution in [3.8, 4) is 0 Å². The van der Waals surface area contributed by atoms with Crippen LogP contribution in [0.1, 0.15) is 41.1 Å². The predicted molar refractivity (Wildman–Crippen MR) is 130 cm³/mol. The van der Waals surface area contributed by atoms with Gasteiger partial charge in [0.2, 0.25) is 15.9 Å². The van der Waals surface area contributed by atoms with Gasteiger partial charge in [-0.15, -0.1) is 0 Å². The Kier molecular flexibility index (Phi) is 6.96. The van der Waals surface area contributed by atoms with Crippen molar-refractivity contribution in [2.45, 2.75) is 37.6 Å². The summed E-state index contributed by atoms with van der Waals surface area (Å²) in [5.41, 5.74) is 4.14. The number of rotatable bonds is 6. The zero-order chi connectivity index (χ0) is 23.4. The van der Waals surface area contributed by atoms with Crippen molar-refractivity contribution in [1.82, 2.24) is 9.62 Å². The van der Waals surface area contributed by atoms with Crippen LogP contribution < -0.4 is 5.32 Å². The first-order valence-electron chi connectivity index (χ1n) is 11.3. The second-order valence-electron chi connectivity index (χ2n) is 8.72. The number of carbonyl (C=O) groups is 1. The van der Waals surface area contributed by atoms with Crippen molar-refractivity contribution in [3.05, 3.63) is 101 Å². The molecule has 1 heterocycles. The van der Waals surface area contributed by atoms with E-state index in [1.54, 1.807) is 24.3 Å². The molecule has 1 N–H and O–H groups in total. The Labute approximate surface area is 196 Å². The first-order chi connectivity index (χ1) is 15.9. The van der Waals surface area contributed by atoms with E-state index in [-0.39, 0.29) is 23.4 Å². The molecule has 0 saturated carbocycles. The van der Waals surface area contributed by atoms with Gasteiger partial charge in [-0.3, -0.25) is 4.79 Å². The number of piperidine rings is 1. The monoisotopic (exact) mass is 462 g/mol. The zero-order valence-electron chi connectivity index (χ0n) is 19.1. The molecule has 4 rings (SSSR count). The first-order valence-corrected chi connectivity index (χ1v) is 12.8. The maximum atomic E-state index is 13.4. The third-order valence-corrected chi connectivity index (χ3v) is 8.21. The van der Waals surface area contributed by atoms with E-state index in [9.17, 15) is 13.2 Å². The number of nitrogens with one attached hydrogen (secondary N) is 1. The lowest BCUT2D eigenvalue weighted by molar-refractivity contribution is -0.126. The quantitative estimate of drug-likeness (QED) is 0.582. The molecular weight excluding hydrogens is 432 g/mol. The molecule has 172 valence electrons. The number of aryl methyl sites for hydroxylation is 2. The lowest BCUT2D eigenvalue weighted by Gasteiger charge is -2.32. The molecule has 1 fully saturated rings. The van der Waals surface area contributed by atoms with Gasteiger partial charge in [0, 0.05) is 13.1 Å². The van der Waals surface area contributed by atoms with E-state index in [0.717, 1.165) is 22.3 Å². The highest BCUT2D eigenvalue weighted by atomic mass is 32.2. The van der Waals surface area contributed by atoms with Crippen LogP contribution in [0.2, 0.25) is 0 Å². The molecule has 1 aliphatic rings. The Morgan fingerprint density at radius 2 is 1.61 bits per heavy atom. The van der Waals surface area contributed by atoms with E-state index in [4.69, 9.17) is 0 Å². The first kappa shape index (κ1) is 23.2. The van der Waals surface area contributed by atoms with Crippen LogP contribution in [0.5, 0.6) is 0 Å². The smallest absolute Gasteiger partial charge is 0.243 e. The average molecular weight is 463 g/mol. The minimum Gasteiger partial charge on any atom is -0.345 e. The molecule has 3 aromatic carbocycles. The molecule has 33 heavy (non-hydrogen) atoms. The maximum Gasteiger partial charge on any atom is 0.243 e. The summed E-state index contributed by atoms with van der Waals surface area (Å²) in [6.07, 6.45) is 1.32. The average Bonchev–Trinajstić information content (AvgIpc) is 2.84. The topological polar surface area (TPSA) is 66.5 Å². The van der Waals surface area contributed by atoms with E-state index in [1.165, 1.54) is 4.31 Å². The summed E-state index contributed by atoms with van der Waals surface area (Å²) in [4.78, 5) is 13.7. The minimum absolute atomic E-state index is 0.115. The summed E-state index contributed by atoms with van der Waals surface area (Å²) >= 11 is 0. The fraction of sp³-hybridized carbons (Fsp3) is 0.296. The van der Waals surface area contributed by atoms with Gasteiger partial charge in [-0.1, -0.05) is 72.3 Å². The fourth-order valence-electron chi connectivity index (χ4n) is 4.39. The van der Waals surface area contributed by atoms with Crippen LogP contribution >= 0.6 is 0 Å². The SMILES string of the molecule is Cc1ccc(S(=O)(=O)N2CCC[C@H](C(=O)N[C@@H](c3ccccc3)c3ccccc3C)C2)cc1. The molecule has 0 bridgehead atoms. The van der Waals surface area contributed by atoms with Crippen LogP contribution in [0.4, 0.5) is 0 Å². The van der Waals surface area contributed by atoms with Gasteiger partial charge in [-0.05, 0) is 55.5 Å². The molecule has 6 heteroatoms. The van der Waals surface area contributed by atoms with Gasteiger partial charge >= 0.3 is 0 Å². The third kappa shape index (κ3) is 5.18. The number of amides is 1. The number of hydrogen-bond acceptors (Lipinski definition) is 3. The second-order valence-corrected chi connectivity index (χ2v) is 10.7. The normalized spacial score (nSPS) is 17.9. The lowest BCUT2D eigenvalue weighted by atomic mass is 9.93. The van der Waals surface area contributed by atoms with Gasteiger partial charge in [0.1, 0.15) is 0 Å². The Morgan fingerprint density at radius 1 is 0.939 bits per heavy atom. The number of benzene rings is 3. The van der Waals surface area contributed by atoms with Crippen molar-refractivity contribution in [1.29, 1.82) is 0 Å². The fourth-order valence-corrected chi connectivity index (χ4v) is 5.91. The molecule has 5 nitrogen and oxygen atoms in total. The predicted octanol–water partition coefficient (Wildman–Crippen LogP) is 4.61. The van der Waals surface area contributed by atoms with Crippen molar-refractivity contribution >= 4 is 15.9 Å². The molecule has 1 aliphatic heterocycles. The summed E-state index contributed by atoms with van der Waals surface area (Å²) in [6.45, 7) is 4.58. The summed E-state index contributed by atoms with van der Waals surface area (Å²) < 4.78 is 27.8. The van der Waals surface area contributed by atoms with E-state index in [0.29, 0.717) is 19.4 Å². The molecule has 0 radical (unpaired) electrons. The Hall–Kier alpha value is -2.96. The van der Waals surface area contributed by atoms with Crippen molar-refractivity contribution < 1.29 is 13.2 Å². The van der Waals surface area contributed by atoms with Crippen molar-refractivity contribution in [2.75, 3.05) is 13.1 Å². The molecule has 0 aliphatic carbocycles. The molecule has 0 unspecified atom stereocenters. The lowest BCUT2D eigenvalue weighted by Crippen LogP contribution is -2.46. The van der Waals surface area contributed by atoms with Crippen LogP contribution in [0.15, 0.2) is 83.8 Å². The molecule has 3 aromatic rings. The van der Waals surface area contributed by atoms with Gasteiger partial charge in [0.05, 0.1) is 16.9 Å². The van der Waals surface area contributed by atoms with Crippen LogP contribution in [-0.2, 0) is 14.8 Å². The van der Waals surface area contributed by atoms with E-state index in [2.05, 4.69) is 5.32 Å². The van der Waals surface area contributed by atoms with E-state index >= 15 is 0 Å². The van der Waals surface area contributed by atoms with Gasteiger partial charge < -0.3 is 5.32 Å². The van der Waals surface area contributed by atoms with E-state index in [1.807, 2.05) is 68.4 Å². The molecule has 2 atom stereocenters. The largest absolute Gasteiger partial charge is 0.345 e. The molecular formula is C27H30N2O3S. The van der Waals surface area contributed by atoms with Gasteiger partial charge in [0.15, 0.2) is 0 Å². The van der Waals surface area contributed by atoms with Gasteiger partial charge in [-0.2, -0.15) is 4.31 Å². The van der Waals surface area contributed by atoms with Crippen LogP contribution in [-0.4, -0.2) is 31.7 Å². The molecule has 0 aromatic heterocycles. The molecule has 0 spiro atoms. The number of sulfonamides is 1. The Balaban J connectivity index is 1.55. The standard InChI is InChI=1S/C27H30N2O3S/c1-20-14-16-24(17-15-20)33(31,32)29-18-8-12-23(19-29)27(30)28-26(22-10-4-3-5-11-22)25-13-7-6-9-21(25)2/h3-7,9-11,13-17,23,26H,8,12,18-19H2,1-2H3,(H,28,30)/t23-,26-/m0/s1. The summed E-state index contributed by atoms with van der Waals surface area (Å²) in [5.74, 6) is -0.509. The van der Waals surface area contributed by atoms with E-state index < -0.39 is 15.9 Å². The Morgan fingerprint density at radius 3 is 2.30 bits per heavy atom. The third-order valence-electron chi connectivity index (χ3n) is 6.33. The zero-order valence-corrected chi connectivity index (χ0v) is 19.9. The van der Waals surface area contributed by atoms with Crippen LogP contribution in [0.25, 0.3) is 0 Å². The van der Waals surface area contributed by atoms with Crippen LogP contribution in [0.3, 0.4) is 0 Å². The highest BCUT2D eigenvalue weighted by Gasteiger charge is 2.34. The van der Waals surface area contributed by atoms with Crippen molar-refractivity contribution in [2.24, 2.45) is 5.92 Å². The number of nitrogens with zero attached hydrogens (tertiary/aromatic N) is 1. The highest BCUT2D eigenvalue weighted by molar-refractivity contribution is 7.89. The maximum absolute atomic E-state index is 13.4. The van der Waals surface area contributed by atoms with Crippen molar-refractivity contribution in [3.63, 3.8) is 0 Å². The Bertz CT molecular complexity index is 1210. The minimum atomic E-state index is -3.63. The van der Waals surface area contributed by atoms with Gasteiger partial charge in [0.25, 0.3) is 0 Å². The summed E-state index contributed by atoms with van der Waals surface area (Å²) in [6, 6.07) is 24.5. The number of carbonyl (C=O) groups excluding carboxylic acids is 1. The molecule has 1 saturated heterocycles. The second kappa shape index (κ2) is 9.89. The summed E-state index contributed by atoms with van der Waals surface area (Å²) in [5, 5.41) is 3.22.